The summed E-state index contributed by atoms with van der Waals surface area (Å²) in [4.78, 5) is 23.1. The number of carboxylic acid groups (broad SMARTS) is 1. The van der Waals surface area contributed by atoms with Gasteiger partial charge in [-0.25, -0.2) is 4.79 Å². The van der Waals surface area contributed by atoms with E-state index >= 15 is 0 Å². The first-order valence-electron chi connectivity index (χ1n) is 5.31. The van der Waals surface area contributed by atoms with Crippen molar-refractivity contribution in [3.8, 4) is 0 Å². The minimum Gasteiger partial charge on any atom is -0.480 e. The summed E-state index contributed by atoms with van der Waals surface area (Å²) >= 11 is 1.63. The zero-order chi connectivity index (χ0) is 12.8. The Hall–Kier alpha value is -1.56. The van der Waals surface area contributed by atoms with E-state index in [1.165, 1.54) is 11.8 Å². The van der Waals surface area contributed by atoms with Crippen molar-refractivity contribution in [2.24, 2.45) is 0 Å². The SMILES string of the molecule is CC(Cc1cccs1)NC(=O)N[C@H](C)C(=O)O. The number of thiophene rings is 1. The van der Waals surface area contributed by atoms with Crippen LogP contribution in [-0.4, -0.2) is 29.2 Å². The molecule has 17 heavy (non-hydrogen) atoms. The molecule has 0 aliphatic carbocycles. The molecule has 1 heterocycles. The lowest BCUT2D eigenvalue weighted by Crippen LogP contribution is -2.47. The fraction of sp³-hybridized carbons (Fsp3) is 0.455. The smallest absolute Gasteiger partial charge is 0.325 e. The predicted molar refractivity (Wildman–Crippen MR) is 66.3 cm³/mol. The van der Waals surface area contributed by atoms with E-state index in [0.717, 1.165) is 6.42 Å². The van der Waals surface area contributed by atoms with Crippen molar-refractivity contribution in [1.82, 2.24) is 10.6 Å². The average molecular weight is 256 g/mol. The van der Waals surface area contributed by atoms with Crippen molar-refractivity contribution in [3.05, 3.63) is 22.4 Å². The molecule has 0 aliphatic heterocycles. The number of hydrogen-bond acceptors (Lipinski definition) is 3. The quantitative estimate of drug-likeness (QED) is 0.746. The Kier molecular flexibility index (Phi) is 4.96. The Morgan fingerprint density at radius 3 is 2.65 bits per heavy atom. The van der Waals surface area contributed by atoms with Gasteiger partial charge < -0.3 is 15.7 Å². The first-order chi connectivity index (χ1) is 7.99. The molecule has 2 atom stereocenters. The third kappa shape index (κ3) is 4.86. The largest absolute Gasteiger partial charge is 0.480 e. The number of carbonyl (C=O) groups excluding carboxylic acids is 1. The van der Waals surface area contributed by atoms with Crippen molar-refractivity contribution >= 4 is 23.3 Å². The second-order valence-corrected chi connectivity index (χ2v) is 4.89. The highest BCUT2D eigenvalue weighted by Crippen LogP contribution is 2.10. The summed E-state index contributed by atoms with van der Waals surface area (Å²) in [6.45, 7) is 3.30. The zero-order valence-corrected chi connectivity index (χ0v) is 10.6. The normalized spacial score (nSPS) is 13.8. The monoisotopic (exact) mass is 256 g/mol. The maximum atomic E-state index is 11.4. The Morgan fingerprint density at radius 1 is 1.41 bits per heavy atom. The van der Waals surface area contributed by atoms with Gasteiger partial charge in [-0.05, 0) is 25.3 Å². The number of amides is 2. The van der Waals surface area contributed by atoms with Crippen LogP contribution in [-0.2, 0) is 11.2 Å². The maximum absolute atomic E-state index is 11.4. The molecule has 1 aromatic heterocycles. The molecule has 1 aromatic rings. The van der Waals surface area contributed by atoms with E-state index in [0.29, 0.717) is 0 Å². The Balaban J connectivity index is 2.33. The van der Waals surface area contributed by atoms with Crippen LogP contribution in [0.15, 0.2) is 17.5 Å². The molecule has 6 heteroatoms. The van der Waals surface area contributed by atoms with Gasteiger partial charge in [0.25, 0.3) is 0 Å². The number of hydrogen-bond donors (Lipinski definition) is 3. The van der Waals surface area contributed by atoms with Crippen LogP contribution < -0.4 is 10.6 Å². The molecule has 0 radical (unpaired) electrons. The van der Waals surface area contributed by atoms with Crippen molar-refractivity contribution in [1.29, 1.82) is 0 Å². The number of rotatable bonds is 5. The molecule has 0 saturated carbocycles. The summed E-state index contributed by atoms with van der Waals surface area (Å²) in [5.74, 6) is -1.05. The molecule has 94 valence electrons. The fourth-order valence-corrected chi connectivity index (χ4v) is 2.14. The molecule has 0 aliphatic rings. The first kappa shape index (κ1) is 13.5. The molecule has 0 saturated heterocycles. The number of carbonyl (C=O) groups is 2. The van der Waals surface area contributed by atoms with E-state index in [1.807, 2.05) is 24.4 Å². The number of urea groups is 1. The number of nitrogens with one attached hydrogen (secondary N) is 2. The van der Waals surface area contributed by atoms with Crippen molar-refractivity contribution in [2.45, 2.75) is 32.4 Å². The van der Waals surface area contributed by atoms with Crippen LogP contribution >= 0.6 is 11.3 Å². The molecule has 0 bridgehead atoms. The van der Waals surface area contributed by atoms with E-state index in [1.54, 1.807) is 11.3 Å². The lowest BCUT2D eigenvalue weighted by Gasteiger charge is -2.15. The van der Waals surface area contributed by atoms with E-state index in [-0.39, 0.29) is 6.04 Å². The van der Waals surface area contributed by atoms with E-state index in [9.17, 15) is 9.59 Å². The molecular formula is C11H16N2O3S. The molecule has 1 unspecified atom stereocenters. The minimum absolute atomic E-state index is 0.0327. The van der Waals surface area contributed by atoms with Gasteiger partial charge in [0.05, 0.1) is 0 Å². The zero-order valence-electron chi connectivity index (χ0n) is 9.77. The predicted octanol–water partition coefficient (Wildman–Crippen LogP) is 1.45. The summed E-state index contributed by atoms with van der Waals surface area (Å²) in [5.41, 5.74) is 0. The average Bonchev–Trinajstić information content (AvgIpc) is 2.69. The highest BCUT2D eigenvalue weighted by atomic mass is 32.1. The second kappa shape index (κ2) is 6.24. The molecule has 1 rings (SSSR count). The molecule has 3 N–H and O–H groups in total. The lowest BCUT2D eigenvalue weighted by atomic mass is 10.2. The summed E-state index contributed by atoms with van der Waals surface area (Å²) in [7, 11) is 0. The van der Waals surface area contributed by atoms with Crippen LogP contribution in [0.25, 0.3) is 0 Å². The van der Waals surface area contributed by atoms with Crippen LogP contribution in [0.5, 0.6) is 0 Å². The molecule has 2 amide bonds. The molecule has 5 nitrogen and oxygen atoms in total. The summed E-state index contributed by atoms with van der Waals surface area (Å²) in [6, 6.07) is 2.59. The highest BCUT2D eigenvalue weighted by Gasteiger charge is 2.15. The molecular weight excluding hydrogens is 240 g/mol. The molecule has 0 aromatic carbocycles. The third-order valence-electron chi connectivity index (χ3n) is 2.18. The fourth-order valence-electron chi connectivity index (χ4n) is 1.31. The first-order valence-corrected chi connectivity index (χ1v) is 6.19. The van der Waals surface area contributed by atoms with Gasteiger partial charge in [-0.2, -0.15) is 0 Å². The van der Waals surface area contributed by atoms with Gasteiger partial charge in [0.1, 0.15) is 6.04 Å². The Labute approximate surface area is 104 Å². The standard InChI is InChI=1S/C11H16N2O3S/c1-7(6-9-4-3-5-17-9)12-11(16)13-8(2)10(14)15/h3-5,7-8H,6H2,1-2H3,(H,14,15)(H2,12,13,16)/t7?,8-/m1/s1. The highest BCUT2D eigenvalue weighted by molar-refractivity contribution is 7.09. The van der Waals surface area contributed by atoms with E-state index < -0.39 is 18.0 Å². The summed E-state index contributed by atoms with van der Waals surface area (Å²) < 4.78 is 0. The van der Waals surface area contributed by atoms with Gasteiger partial charge in [-0.3, -0.25) is 4.79 Å². The van der Waals surface area contributed by atoms with Gasteiger partial charge in [0.15, 0.2) is 0 Å². The third-order valence-corrected chi connectivity index (χ3v) is 3.08. The van der Waals surface area contributed by atoms with Crippen LogP contribution in [0, 0.1) is 0 Å². The van der Waals surface area contributed by atoms with Crippen molar-refractivity contribution < 1.29 is 14.7 Å². The maximum Gasteiger partial charge on any atom is 0.325 e. The van der Waals surface area contributed by atoms with Crippen molar-refractivity contribution in [2.75, 3.05) is 0 Å². The van der Waals surface area contributed by atoms with Crippen LogP contribution in [0.4, 0.5) is 4.79 Å². The summed E-state index contributed by atoms with van der Waals surface area (Å²) in [5, 5.41) is 15.7. The van der Waals surface area contributed by atoms with Gasteiger partial charge in [-0.15, -0.1) is 11.3 Å². The number of carboxylic acids is 1. The van der Waals surface area contributed by atoms with Crippen LogP contribution in [0.1, 0.15) is 18.7 Å². The minimum atomic E-state index is -1.05. The topological polar surface area (TPSA) is 78.4 Å². The van der Waals surface area contributed by atoms with Crippen LogP contribution in [0.2, 0.25) is 0 Å². The van der Waals surface area contributed by atoms with Gasteiger partial charge >= 0.3 is 12.0 Å². The molecule has 0 spiro atoms. The number of aliphatic carboxylic acids is 1. The Bertz CT molecular complexity index is 378. The lowest BCUT2D eigenvalue weighted by molar-refractivity contribution is -0.138. The van der Waals surface area contributed by atoms with Gasteiger partial charge in [0.2, 0.25) is 0 Å². The molecule has 0 fully saturated rings. The van der Waals surface area contributed by atoms with E-state index in [2.05, 4.69) is 10.6 Å². The van der Waals surface area contributed by atoms with Gasteiger partial charge in [-0.1, -0.05) is 6.07 Å². The second-order valence-electron chi connectivity index (χ2n) is 3.86. The van der Waals surface area contributed by atoms with E-state index in [4.69, 9.17) is 5.11 Å². The summed E-state index contributed by atoms with van der Waals surface area (Å²) in [6.07, 6.45) is 0.743. The van der Waals surface area contributed by atoms with Gasteiger partial charge in [0, 0.05) is 17.3 Å². The Morgan fingerprint density at radius 2 is 2.12 bits per heavy atom. The van der Waals surface area contributed by atoms with Crippen LogP contribution in [0.3, 0.4) is 0 Å². The van der Waals surface area contributed by atoms with Crippen molar-refractivity contribution in [3.63, 3.8) is 0 Å².